The lowest BCUT2D eigenvalue weighted by Crippen LogP contribution is -2.36. The zero-order chi connectivity index (χ0) is 23.9. The molecule has 0 unspecified atom stereocenters. The van der Waals surface area contributed by atoms with Gasteiger partial charge in [0.1, 0.15) is 6.61 Å². The van der Waals surface area contributed by atoms with Crippen LogP contribution in [0.4, 0.5) is 11.4 Å². The zero-order valence-electron chi connectivity index (χ0n) is 19.0. The van der Waals surface area contributed by atoms with Crippen molar-refractivity contribution in [3.63, 3.8) is 0 Å². The number of hydrogen-bond acceptors (Lipinski definition) is 5. The van der Waals surface area contributed by atoms with Gasteiger partial charge in [-0.1, -0.05) is 40.9 Å². The smallest absolute Gasteiger partial charge is 0.180 e. The molecule has 0 aliphatic carbocycles. The highest BCUT2D eigenvalue weighted by Gasteiger charge is 2.15. The van der Waals surface area contributed by atoms with Gasteiger partial charge in [0.25, 0.3) is 0 Å². The summed E-state index contributed by atoms with van der Waals surface area (Å²) in [6.07, 6.45) is 0. The Morgan fingerprint density at radius 1 is 0.912 bits per heavy atom. The highest BCUT2D eigenvalue weighted by atomic mass is 35.5. The third-order valence-electron chi connectivity index (χ3n) is 5.53. The maximum Gasteiger partial charge on any atom is 0.180 e. The van der Waals surface area contributed by atoms with Crippen LogP contribution in [0.3, 0.4) is 0 Å². The molecule has 1 N–H and O–H groups in total. The van der Waals surface area contributed by atoms with E-state index in [1.807, 2.05) is 19.1 Å². The van der Waals surface area contributed by atoms with Crippen molar-refractivity contribution < 1.29 is 14.2 Å². The quantitative estimate of drug-likeness (QED) is 0.326. The Balaban J connectivity index is 1.43. The molecule has 0 bridgehead atoms. The lowest BCUT2D eigenvalue weighted by Gasteiger charge is -2.29. The second kappa shape index (κ2) is 11.9. The van der Waals surface area contributed by atoms with E-state index in [1.165, 1.54) is 5.69 Å². The molecule has 1 saturated heterocycles. The number of nitrogens with zero attached hydrogens (tertiary/aromatic N) is 1. The molecule has 3 aromatic carbocycles. The first kappa shape index (κ1) is 24.8. The van der Waals surface area contributed by atoms with Gasteiger partial charge in [0.15, 0.2) is 11.5 Å². The van der Waals surface area contributed by atoms with Crippen molar-refractivity contribution in [2.24, 2.45) is 0 Å². The lowest BCUT2D eigenvalue weighted by molar-refractivity contribution is 0.122. The van der Waals surface area contributed by atoms with Crippen LogP contribution >= 0.6 is 34.8 Å². The second-order valence-electron chi connectivity index (χ2n) is 7.83. The fraction of sp³-hybridized carbons (Fsp3) is 0.308. The minimum absolute atomic E-state index is 0.186. The summed E-state index contributed by atoms with van der Waals surface area (Å²) in [5.41, 5.74) is 3.92. The first-order valence-electron chi connectivity index (χ1n) is 11.2. The number of ether oxygens (including phenoxy) is 3. The number of benzene rings is 3. The van der Waals surface area contributed by atoms with Crippen molar-refractivity contribution in [2.45, 2.75) is 20.1 Å². The van der Waals surface area contributed by atoms with Crippen LogP contribution in [0.1, 0.15) is 18.1 Å². The van der Waals surface area contributed by atoms with Gasteiger partial charge in [0, 0.05) is 46.6 Å². The van der Waals surface area contributed by atoms with Crippen molar-refractivity contribution in [1.29, 1.82) is 0 Å². The number of rotatable bonds is 9. The summed E-state index contributed by atoms with van der Waals surface area (Å²) >= 11 is 19.1. The molecule has 0 atom stereocenters. The number of morpholine rings is 1. The molecule has 0 saturated carbocycles. The molecule has 1 fully saturated rings. The molecule has 4 rings (SSSR count). The standard InChI is InChI=1S/C26H27Cl3N2O3/c1-2-33-25-15-18(14-24(29)26(25)34-17-21-22(27)4-3-5-23(21)28)16-30-19-6-8-20(9-7-19)31-10-12-32-13-11-31/h3-9,14-15,30H,2,10-13,16-17H2,1H3. The summed E-state index contributed by atoms with van der Waals surface area (Å²) in [6.45, 7) is 6.56. The Hall–Kier alpha value is -2.31. The summed E-state index contributed by atoms with van der Waals surface area (Å²) < 4.78 is 17.3. The number of hydrogen-bond donors (Lipinski definition) is 1. The van der Waals surface area contributed by atoms with Gasteiger partial charge < -0.3 is 24.4 Å². The van der Waals surface area contributed by atoms with Crippen LogP contribution in [0, 0.1) is 0 Å². The van der Waals surface area contributed by atoms with Crippen molar-refractivity contribution in [3.8, 4) is 11.5 Å². The molecule has 1 aliphatic heterocycles. The summed E-state index contributed by atoms with van der Waals surface area (Å²) in [5.74, 6) is 1.05. The molecule has 0 amide bonds. The van der Waals surface area contributed by atoms with Gasteiger partial charge in [-0.15, -0.1) is 0 Å². The number of halogens is 3. The highest BCUT2D eigenvalue weighted by molar-refractivity contribution is 6.36. The Morgan fingerprint density at radius 2 is 1.62 bits per heavy atom. The molecular formula is C26H27Cl3N2O3. The predicted octanol–water partition coefficient (Wildman–Crippen LogP) is 7.07. The van der Waals surface area contributed by atoms with E-state index < -0.39 is 0 Å². The molecular weight excluding hydrogens is 495 g/mol. The summed E-state index contributed by atoms with van der Waals surface area (Å²) in [7, 11) is 0. The van der Waals surface area contributed by atoms with Crippen LogP contribution in [0.15, 0.2) is 54.6 Å². The van der Waals surface area contributed by atoms with Crippen LogP contribution in [0.2, 0.25) is 15.1 Å². The fourth-order valence-electron chi connectivity index (χ4n) is 3.76. The Labute approximate surface area is 215 Å². The van der Waals surface area contributed by atoms with Crippen LogP contribution in [0.25, 0.3) is 0 Å². The molecule has 0 radical (unpaired) electrons. The molecule has 1 aliphatic rings. The lowest BCUT2D eigenvalue weighted by atomic mass is 10.1. The molecule has 34 heavy (non-hydrogen) atoms. The van der Waals surface area contributed by atoms with E-state index in [0.717, 1.165) is 37.6 Å². The molecule has 5 nitrogen and oxygen atoms in total. The normalized spacial score (nSPS) is 13.6. The Morgan fingerprint density at radius 3 is 2.29 bits per heavy atom. The zero-order valence-corrected chi connectivity index (χ0v) is 21.2. The van der Waals surface area contributed by atoms with E-state index in [4.69, 9.17) is 49.0 Å². The third kappa shape index (κ3) is 6.22. The van der Waals surface area contributed by atoms with Gasteiger partial charge in [-0.05, 0) is 61.0 Å². The van der Waals surface area contributed by atoms with Gasteiger partial charge in [0.05, 0.1) is 24.8 Å². The van der Waals surface area contributed by atoms with E-state index in [9.17, 15) is 0 Å². The summed E-state index contributed by atoms with van der Waals surface area (Å²) in [6, 6.07) is 17.6. The van der Waals surface area contributed by atoms with Crippen molar-refractivity contribution in [2.75, 3.05) is 43.1 Å². The second-order valence-corrected chi connectivity index (χ2v) is 9.05. The first-order valence-corrected chi connectivity index (χ1v) is 12.4. The average Bonchev–Trinajstić information content (AvgIpc) is 2.85. The molecule has 3 aromatic rings. The van der Waals surface area contributed by atoms with Crippen LogP contribution < -0.4 is 19.7 Å². The molecule has 180 valence electrons. The van der Waals surface area contributed by atoms with Crippen LogP contribution in [-0.4, -0.2) is 32.9 Å². The molecule has 1 heterocycles. The summed E-state index contributed by atoms with van der Waals surface area (Å²) in [4.78, 5) is 2.33. The van der Waals surface area contributed by atoms with Gasteiger partial charge in [-0.2, -0.15) is 0 Å². The maximum atomic E-state index is 6.59. The van der Waals surface area contributed by atoms with Gasteiger partial charge in [0.2, 0.25) is 0 Å². The molecule has 0 aromatic heterocycles. The topological polar surface area (TPSA) is 43.0 Å². The third-order valence-corrected chi connectivity index (χ3v) is 6.52. The van der Waals surface area contributed by atoms with Crippen LogP contribution in [0.5, 0.6) is 11.5 Å². The molecule has 0 spiro atoms. The largest absolute Gasteiger partial charge is 0.490 e. The van der Waals surface area contributed by atoms with E-state index in [1.54, 1.807) is 18.2 Å². The summed E-state index contributed by atoms with van der Waals surface area (Å²) in [5, 5.41) is 5.00. The van der Waals surface area contributed by atoms with E-state index in [2.05, 4.69) is 34.5 Å². The van der Waals surface area contributed by atoms with E-state index >= 15 is 0 Å². The number of anilines is 2. The minimum atomic E-state index is 0.186. The average molecular weight is 522 g/mol. The van der Waals surface area contributed by atoms with Crippen molar-refractivity contribution in [1.82, 2.24) is 0 Å². The number of nitrogens with one attached hydrogen (secondary N) is 1. The van der Waals surface area contributed by atoms with Crippen molar-refractivity contribution in [3.05, 3.63) is 80.8 Å². The van der Waals surface area contributed by atoms with Gasteiger partial charge in [-0.25, -0.2) is 0 Å². The van der Waals surface area contributed by atoms with E-state index in [0.29, 0.717) is 45.3 Å². The predicted molar refractivity (Wildman–Crippen MR) is 140 cm³/mol. The SMILES string of the molecule is CCOc1cc(CNc2ccc(N3CCOCC3)cc2)cc(Cl)c1OCc1c(Cl)cccc1Cl. The fourth-order valence-corrected chi connectivity index (χ4v) is 4.55. The first-order chi connectivity index (χ1) is 16.5. The highest BCUT2D eigenvalue weighted by Crippen LogP contribution is 2.38. The Bertz CT molecular complexity index is 1080. The Kier molecular flexibility index (Phi) is 8.68. The monoisotopic (exact) mass is 520 g/mol. The van der Waals surface area contributed by atoms with Gasteiger partial charge in [-0.3, -0.25) is 0 Å². The maximum absolute atomic E-state index is 6.59. The van der Waals surface area contributed by atoms with Crippen LogP contribution in [-0.2, 0) is 17.9 Å². The van der Waals surface area contributed by atoms with E-state index in [-0.39, 0.29) is 6.61 Å². The minimum Gasteiger partial charge on any atom is -0.490 e. The van der Waals surface area contributed by atoms with Gasteiger partial charge >= 0.3 is 0 Å². The van der Waals surface area contributed by atoms with Crippen molar-refractivity contribution >= 4 is 46.2 Å². The molecule has 8 heteroatoms.